The molecule has 7 heteroatoms. The van der Waals surface area contributed by atoms with Crippen molar-refractivity contribution < 1.29 is 14.2 Å². The Bertz CT molecular complexity index is 1010. The molecule has 0 N–H and O–H groups in total. The first-order valence-corrected chi connectivity index (χ1v) is 10.4. The van der Waals surface area contributed by atoms with Gasteiger partial charge in [-0.1, -0.05) is 30.3 Å². The summed E-state index contributed by atoms with van der Waals surface area (Å²) in [6, 6.07) is 15.5. The number of aryl methyl sites for hydroxylation is 1. The summed E-state index contributed by atoms with van der Waals surface area (Å²) in [6.45, 7) is 4.29. The van der Waals surface area contributed by atoms with Gasteiger partial charge in [-0.15, -0.1) is 5.10 Å². The van der Waals surface area contributed by atoms with Gasteiger partial charge < -0.3 is 14.2 Å². The molecule has 0 saturated heterocycles. The number of hydrogen-bond donors (Lipinski definition) is 0. The molecule has 0 saturated carbocycles. The van der Waals surface area contributed by atoms with Crippen LogP contribution in [-0.4, -0.2) is 46.5 Å². The largest absolute Gasteiger partial charge is 0.496 e. The Hall–Kier alpha value is -2.90. The summed E-state index contributed by atoms with van der Waals surface area (Å²) in [4.78, 5) is 7.08. The normalized spacial score (nSPS) is 16.7. The van der Waals surface area contributed by atoms with Gasteiger partial charge in [0, 0.05) is 13.1 Å². The minimum Gasteiger partial charge on any atom is -0.496 e. The van der Waals surface area contributed by atoms with E-state index in [9.17, 15) is 0 Å². The molecule has 0 bridgehead atoms. The maximum Gasteiger partial charge on any atom is 0.317 e. The summed E-state index contributed by atoms with van der Waals surface area (Å²) in [7, 11) is 1.67. The van der Waals surface area contributed by atoms with Crippen molar-refractivity contribution in [2.75, 3.05) is 26.9 Å². The molecule has 0 amide bonds. The van der Waals surface area contributed by atoms with Crippen molar-refractivity contribution in [2.24, 2.45) is 0 Å². The molecule has 0 atom stereocenters. The van der Waals surface area contributed by atoms with E-state index in [-0.39, 0.29) is 0 Å². The molecule has 2 aliphatic heterocycles. The minimum atomic E-state index is 0.345. The van der Waals surface area contributed by atoms with Crippen LogP contribution in [0.4, 0.5) is 0 Å². The summed E-state index contributed by atoms with van der Waals surface area (Å²) in [6.07, 6.45) is 2.32. The Labute approximate surface area is 176 Å². The molecule has 0 unspecified atom stereocenters. The minimum absolute atomic E-state index is 0.345. The highest BCUT2D eigenvalue weighted by molar-refractivity contribution is 5.65. The van der Waals surface area contributed by atoms with E-state index in [1.807, 2.05) is 6.07 Å². The quantitative estimate of drug-likeness (QED) is 0.663. The van der Waals surface area contributed by atoms with E-state index in [2.05, 4.69) is 51.4 Å². The second-order valence-corrected chi connectivity index (χ2v) is 7.72. The predicted octanol–water partition coefficient (Wildman–Crippen LogP) is 3.27. The zero-order valence-electron chi connectivity index (χ0n) is 17.2. The van der Waals surface area contributed by atoms with Gasteiger partial charge in [-0.2, -0.15) is 9.67 Å². The molecule has 0 spiro atoms. The zero-order chi connectivity index (χ0) is 20.3. The van der Waals surface area contributed by atoms with E-state index in [1.54, 1.807) is 11.8 Å². The van der Waals surface area contributed by atoms with E-state index >= 15 is 0 Å². The molecule has 2 aromatic carbocycles. The molecule has 1 aromatic heterocycles. The SMILES string of the molecule is COc1ccc(CN2CCCc3ccccc3C2)cc1-c1nc2n(n1)COCCO2. The van der Waals surface area contributed by atoms with Gasteiger partial charge in [0.05, 0.1) is 19.3 Å². The monoisotopic (exact) mass is 406 g/mol. The molecular formula is C23H26N4O3. The molecule has 3 aromatic rings. The molecule has 30 heavy (non-hydrogen) atoms. The lowest BCUT2D eigenvalue weighted by Gasteiger charge is -2.21. The summed E-state index contributed by atoms with van der Waals surface area (Å²) < 4.78 is 18.4. The van der Waals surface area contributed by atoms with E-state index in [0.717, 1.165) is 37.4 Å². The van der Waals surface area contributed by atoms with Gasteiger partial charge in [-0.3, -0.25) is 4.90 Å². The maximum absolute atomic E-state index is 5.64. The average molecular weight is 406 g/mol. The third kappa shape index (κ3) is 3.91. The molecule has 3 heterocycles. The van der Waals surface area contributed by atoms with Gasteiger partial charge in [0.2, 0.25) is 0 Å². The van der Waals surface area contributed by atoms with Crippen molar-refractivity contribution in [2.45, 2.75) is 32.7 Å². The lowest BCUT2D eigenvalue weighted by molar-refractivity contribution is 0.0738. The van der Waals surface area contributed by atoms with Crippen molar-refractivity contribution >= 4 is 0 Å². The molecule has 156 valence electrons. The number of aromatic nitrogens is 3. The Morgan fingerprint density at radius 2 is 2.00 bits per heavy atom. The maximum atomic E-state index is 5.64. The third-order valence-corrected chi connectivity index (χ3v) is 5.65. The van der Waals surface area contributed by atoms with Gasteiger partial charge in [0.1, 0.15) is 19.1 Å². The Balaban J connectivity index is 1.41. The van der Waals surface area contributed by atoms with Crippen LogP contribution in [0.5, 0.6) is 11.8 Å². The van der Waals surface area contributed by atoms with Crippen LogP contribution in [-0.2, 0) is 31.0 Å². The van der Waals surface area contributed by atoms with Gasteiger partial charge in [-0.05, 0) is 48.2 Å². The Kier molecular flexibility index (Phi) is 5.38. The molecule has 0 fully saturated rings. The molecular weight excluding hydrogens is 380 g/mol. The highest BCUT2D eigenvalue weighted by Crippen LogP contribution is 2.31. The summed E-state index contributed by atoms with van der Waals surface area (Å²) in [5.74, 6) is 1.34. The van der Waals surface area contributed by atoms with E-state index in [4.69, 9.17) is 14.2 Å². The van der Waals surface area contributed by atoms with Gasteiger partial charge >= 0.3 is 6.01 Å². The molecule has 5 rings (SSSR count). The van der Waals surface area contributed by atoms with Gasteiger partial charge in [0.15, 0.2) is 5.82 Å². The smallest absolute Gasteiger partial charge is 0.317 e. The van der Waals surface area contributed by atoms with Crippen LogP contribution in [0.2, 0.25) is 0 Å². The highest BCUT2D eigenvalue weighted by atomic mass is 16.6. The number of nitrogens with zero attached hydrogens (tertiary/aromatic N) is 4. The fourth-order valence-corrected chi connectivity index (χ4v) is 4.17. The van der Waals surface area contributed by atoms with Crippen molar-refractivity contribution in [3.05, 3.63) is 59.2 Å². The fraction of sp³-hybridized carbons (Fsp3) is 0.391. The first-order valence-electron chi connectivity index (χ1n) is 10.4. The van der Waals surface area contributed by atoms with E-state index in [1.165, 1.54) is 23.1 Å². The van der Waals surface area contributed by atoms with Crippen molar-refractivity contribution in [1.29, 1.82) is 0 Å². The Morgan fingerprint density at radius 1 is 1.10 bits per heavy atom. The second kappa shape index (κ2) is 8.45. The molecule has 7 nitrogen and oxygen atoms in total. The number of hydrogen-bond acceptors (Lipinski definition) is 6. The highest BCUT2D eigenvalue weighted by Gasteiger charge is 2.20. The first kappa shape index (κ1) is 19.1. The predicted molar refractivity (Wildman–Crippen MR) is 112 cm³/mol. The Morgan fingerprint density at radius 3 is 2.90 bits per heavy atom. The first-order chi connectivity index (χ1) is 14.8. The fourth-order valence-electron chi connectivity index (χ4n) is 4.17. The summed E-state index contributed by atoms with van der Waals surface area (Å²) >= 11 is 0. The summed E-state index contributed by atoms with van der Waals surface area (Å²) in [5, 5.41) is 4.58. The van der Waals surface area contributed by atoms with Crippen molar-refractivity contribution in [1.82, 2.24) is 19.7 Å². The van der Waals surface area contributed by atoms with Crippen LogP contribution in [0.25, 0.3) is 11.4 Å². The summed E-state index contributed by atoms with van der Waals surface area (Å²) in [5.41, 5.74) is 4.99. The number of ether oxygens (including phenoxy) is 3. The number of benzene rings is 2. The molecule has 2 aliphatic rings. The van der Waals surface area contributed by atoms with Crippen molar-refractivity contribution in [3.8, 4) is 23.1 Å². The van der Waals surface area contributed by atoms with Gasteiger partial charge in [-0.25, -0.2) is 0 Å². The zero-order valence-corrected chi connectivity index (χ0v) is 17.2. The lowest BCUT2D eigenvalue weighted by Crippen LogP contribution is -2.22. The average Bonchev–Trinajstić information content (AvgIpc) is 2.91. The third-order valence-electron chi connectivity index (χ3n) is 5.65. The van der Waals surface area contributed by atoms with Crippen molar-refractivity contribution in [3.63, 3.8) is 0 Å². The number of methoxy groups -OCH3 is 1. The van der Waals surface area contributed by atoms with Crippen LogP contribution in [0.15, 0.2) is 42.5 Å². The van der Waals surface area contributed by atoms with E-state index in [0.29, 0.717) is 31.8 Å². The number of rotatable bonds is 4. The van der Waals surface area contributed by atoms with Crippen LogP contribution >= 0.6 is 0 Å². The topological polar surface area (TPSA) is 61.6 Å². The van der Waals surface area contributed by atoms with E-state index < -0.39 is 0 Å². The van der Waals surface area contributed by atoms with Crippen LogP contribution in [0.3, 0.4) is 0 Å². The lowest BCUT2D eigenvalue weighted by atomic mass is 10.0. The van der Waals surface area contributed by atoms with Crippen LogP contribution in [0.1, 0.15) is 23.1 Å². The van der Waals surface area contributed by atoms with Gasteiger partial charge in [0.25, 0.3) is 0 Å². The van der Waals surface area contributed by atoms with Crippen LogP contribution < -0.4 is 9.47 Å². The van der Waals surface area contributed by atoms with Crippen LogP contribution in [0, 0.1) is 0 Å². The second-order valence-electron chi connectivity index (χ2n) is 7.72. The number of fused-ring (bicyclic) bond motifs is 2. The molecule has 0 aliphatic carbocycles. The standard InChI is InChI=1S/C23H26N4O3/c1-28-21-9-8-17(14-26-10-4-7-18-5-2-3-6-19(18)15-26)13-20(21)22-24-23-27(25-22)16-29-11-12-30-23/h2-3,5-6,8-9,13H,4,7,10-12,14-16H2,1H3. The molecule has 0 radical (unpaired) electrons.